The van der Waals surface area contributed by atoms with Crippen LogP contribution in [0.3, 0.4) is 0 Å². The first-order chi connectivity index (χ1) is 12.3. The molecule has 4 aliphatic carbocycles. The van der Waals surface area contributed by atoms with Gasteiger partial charge < -0.3 is 4.74 Å². The van der Waals surface area contributed by atoms with E-state index in [0.717, 1.165) is 30.6 Å². The molecule has 0 aliphatic heterocycles. The number of esters is 1. The van der Waals surface area contributed by atoms with E-state index >= 15 is 0 Å². The van der Waals surface area contributed by atoms with Crippen molar-refractivity contribution >= 4 is 12.3 Å². The smallest absolute Gasteiger partial charge is 0.302 e. The van der Waals surface area contributed by atoms with E-state index in [2.05, 4.69) is 26.8 Å². The zero-order valence-corrected chi connectivity index (χ0v) is 16.8. The van der Waals surface area contributed by atoms with Crippen LogP contribution < -0.4 is 0 Å². The highest BCUT2D eigenvalue weighted by atomic mass is 16.5. The summed E-state index contributed by atoms with van der Waals surface area (Å²) in [6, 6.07) is 0. The van der Waals surface area contributed by atoms with Gasteiger partial charge in [0.2, 0.25) is 0 Å². The van der Waals surface area contributed by atoms with Crippen molar-refractivity contribution < 1.29 is 14.3 Å². The van der Waals surface area contributed by atoms with E-state index < -0.39 is 0 Å². The molecule has 0 heterocycles. The predicted octanol–water partition coefficient (Wildman–Crippen LogP) is 4.94. The molecule has 0 radical (unpaired) electrons. The van der Waals surface area contributed by atoms with Gasteiger partial charge in [-0.15, -0.1) is 0 Å². The second kappa shape index (κ2) is 6.21. The Hall–Kier alpha value is -1.12. The topological polar surface area (TPSA) is 43.4 Å². The number of hydrogen-bond donors (Lipinski definition) is 0. The lowest BCUT2D eigenvalue weighted by Crippen LogP contribution is -2.58. The minimum absolute atomic E-state index is 0.0638. The quantitative estimate of drug-likeness (QED) is 0.518. The number of carbonyl (C=O) groups is 2. The van der Waals surface area contributed by atoms with Crippen molar-refractivity contribution in [3.05, 3.63) is 11.6 Å². The van der Waals surface area contributed by atoms with Gasteiger partial charge in [-0.2, -0.15) is 0 Å². The molecule has 0 aromatic carbocycles. The van der Waals surface area contributed by atoms with Gasteiger partial charge in [0.25, 0.3) is 0 Å². The first kappa shape index (κ1) is 18.3. The van der Waals surface area contributed by atoms with Gasteiger partial charge in [-0.1, -0.05) is 33.3 Å². The summed E-state index contributed by atoms with van der Waals surface area (Å²) < 4.78 is 5.92. The molecule has 3 saturated carbocycles. The average molecular weight is 359 g/mol. The molecule has 26 heavy (non-hydrogen) atoms. The van der Waals surface area contributed by atoms with Crippen LogP contribution in [0, 0.1) is 40.4 Å². The van der Waals surface area contributed by atoms with Gasteiger partial charge in [-0.3, -0.25) is 9.59 Å². The highest BCUT2D eigenvalue weighted by Crippen LogP contribution is 2.66. The van der Waals surface area contributed by atoms with Crippen molar-refractivity contribution in [1.29, 1.82) is 0 Å². The summed E-state index contributed by atoms with van der Waals surface area (Å²) in [5, 5.41) is 0. The zero-order chi connectivity index (χ0) is 18.7. The summed E-state index contributed by atoms with van der Waals surface area (Å²) in [5.74, 6) is 2.94. The van der Waals surface area contributed by atoms with Crippen LogP contribution in [-0.2, 0) is 14.3 Å². The van der Waals surface area contributed by atoms with Crippen molar-refractivity contribution in [3.8, 4) is 0 Å². The molecule has 0 N–H and O–H groups in total. The first-order valence-corrected chi connectivity index (χ1v) is 10.6. The number of allylic oxidation sites excluding steroid dienone is 2. The molecule has 4 rings (SSSR count). The standard InChI is InChI=1S/C23H34O3/c1-14-5-6-19-21(26-15(2)25)10-17-18(23(19,4)11-14)7-8-22(3)12-16(13-24)9-20(17)22/h12-14,17-21H,5-11H2,1-4H3. The van der Waals surface area contributed by atoms with Crippen LogP contribution in [-0.4, -0.2) is 18.4 Å². The summed E-state index contributed by atoms with van der Waals surface area (Å²) >= 11 is 0. The van der Waals surface area contributed by atoms with Crippen LogP contribution in [0.1, 0.15) is 72.6 Å². The Morgan fingerprint density at radius 3 is 2.65 bits per heavy atom. The number of rotatable bonds is 2. The van der Waals surface area contributed by atoms with Crippen LogP contribution in [0.4, 0.5) is 0 Å². The molecule has 0 aromatic heterocycles. The van der Waals surface area contributed by atoms with Gasteiger partial charge >= 0.3 is 5.97 Å². The van der Waals surface area contributed by atoms with Crippen LogP contribution in [0.2, 0.25) is 0 Å². The summed E-state index contributed by atoms with van der Waals surface area (Å²) in [5.41, 5.74) is 1.42. The summed E-state index contributed by atoms with van der Waals surface area (Å²) in [6.07, 6.45) is 11.5. The highest BCUT2D eigenvalue weighted by molar-refractivity contribution is 5.74. The molecule has 8 unspecified atom stereocenters. The maximum atomic E-state index is 11.8. The van der Waals surface area contributed by atoms with Crippen molar-refractivity contribution in [1.82, 2.24) is 0 Å². The number of fused-ring (bicyclic) bond motifs is 5. The third kappa shape index (κ3) is 2.68. The highest BCUT2D eigenvalue weighted by Gasteiger charge is 2.60. The maximum absolute atomic E-state index is 11.8. The average Bonchev–Trinajstić information content (AvgIpc) is 2.91. The lowest BCUT2D eigenvalue weighted by molar-refractivity contribution is -0.184. The molecule has 0 amide bonds. The molecular weight excluding hydrogens is 324 g/mol. The summed E-state index contributed by atoms with van der Waals surface area (Å²) in [7, 11) is 0. The largest absolute Gasteiger partial charge is 0.462 e. The fraction of sp³-hybridized carbons (Fsp3) is 0.826. The molecule has 0 aromatic rings. The normalized spacial score (nSPS) is 50.1. The lowest BCUT2D eigenvalue weighted by Gasteiger charge is -2.62. The lowest BCUT2D eigenvalue weighted by atomic mass is 9.44. The van der Waals surface area contributed by atoms with E-state index in [1.54, 1.807) is 6.92 Å². The Morgan fingerprint density at radius 1 is 1.19 bits per heavy atom. The monoisotopic (exact) mass is 358 g/mol. The number of ether oxygens (including phenoxy) is 1. The summed E-state index contributed by atoms with van der Waals surface area (Å²) in [6.45, 7) is 8.79. The predicted molar refractivity (Wildman–Crippen MR) is 101 cm³/mol. The Labute approximate surface area is 157 Å². The number of hydrogen-bond acceptors (Lipinski definition) is 3. The van der Waals surface area contributed by atoms with E-state index in [-0.39, 0.29) is 22.9 Å². The van der Waals surface area contributed by atoms with Crippen molar-refractivity contribution in [3.63, 3.8) is 0 Å². The second-order valence-electron chi connectivity index (χ2n) is 10.3. The van der Waals surface area contributed by atoms with Gasteiger partial charge in [-0.25, -0.2) is 0 Å². The fourth-order valence-electron chi connectivity index (χ4n) is 7.78. The molecule has 3 fully saturated rings. The minimum atomic E-state index is -0.133. The molecule has 144 valence electrons. The van der Waals surface area contributed by atoms with E-state index in [1.165, 1.54) is 32.1 Å². The van der Waals surface area contributed by atoms with Gasteiger partial charge in [0.05, 0.1) is 0 Å². The zero-order valence-electron chi connectivity index (χ0n) is 16.8. The molecule has 0 bridgehead atoms. The summed E-state index contributed by atoms with van der Waals surface area (Å²) in [4.78, 5) is 23.3. The molecule has 3 heteroatoms. The number of carbonyl (C=O) groups excluding carboxylic acids is 2. The van der Waals surface area contributed by atoms with E-state index in [9.17, 15) is 9.59 Å². The first-order valence-electron chi connectivity index (χ1n) is 10.6. The Morgan fingerprint density at radius 2 is 1.96 bits per heavy atom. The maximum Gasteiger partial charge on any atom is 0.302 e. The fourth-order valence-corrected chi connectivity index (χ4v) is 7.78. The number of aldehydes is 1. The van der Waals surface area contributed by atoms with Crippen LogP contribution in [0.5, 0.6) is 0 Å². The van der Waals surface area contributed by atoms with Crippen molar-refractivity contribution in [2.75, 3.05) is 0 Å². The van der Waals surface area contributed by atoms with Gasteiger partial charge in [0, 0.05) is 12.8 Å². The third-order valence-corrected chi connectivity index (χ3v) is 8.72. The Bertz CT molecular complexity index is 637. The molecular formula is C23H34O3. The second-order valence-corrected chi connectivity index (χ2v) is 10.3. The van der Waals surface area contributed by atoms with Gasteiger partial charge in [-0.05, 0) is 78.6 Å². The molecule has 0 spiro atoms. The van der Waals surface area contributed by atoms with Gasteiger partial charge in [0.15, 0.2) is 0 Å². The third-order valence-electron chi connectivity index (χ3n) is 8.72. The van der Waals surface area contributed by atoms with Crippen molar-refractivity contribution in [2.24, 2.45) is 40.4 Å². The Balaban J connectivity index is 1.69. The van der Waals surface area contributed by atoms with E-state index in [4.69, 9.17) is 4.74 Å². The van der Waals surface area contributed by atoms with Gasteiger partial charge in [0.1, 0.15) is 12.4 Å². The van der Waals surface area contributed by atoms with Crippen LogP contribution in [0.25, 0.3) is 0 Å². The SMILES string of the molecule is CC(=O)OC1CC2C3CC(C=O)=CC3(C)CCC2C2(C)CC(C)CCC12. The van der Waals surface area contributed by atoms with E-state index in [0.29, 0.717) is 23.7 Å². The van der Waals surface area contributed by atoms with E-state index in [1.807, 2.05) is 0 Å². The molecule has 4 aliphatic rings. The minimum Gasteiger partial charge on any atom is -0.462 e. The van der Waals surface area contributed by atoms with Crippen molar-refractivity contribution in [2.45, 2.75) is 78.7 Å². The molecule has 8 atom stereocenters. The molecule has 3 nitrogen and oxygen atoms in total. The molecule has 0 saturated heterocycles. The van der Waals surface area contributed by atoms with Crippen LogP contribution in [0.15, 0.2) is 11.6 Å². The van der Waals surface area contributed by atoms with Crippen LogP contribution >= 0.6 is 0 Å². The Kier molecular flexibility index (Phi) is 4.36.